The molecule has 3 nitrogen and oxygen atoms in total. The van der Waals surface area contributed by atoms with Crippen LogP contribution in [-0.4, -0.2) is 31.1 Å². The molecule has 1 aromatic rings. The molecule has 0 N–H and O–H groups in total. The van der Waals surface area contributed by atoms with E-state index in [0.29, 0.717) is 0 Å². The van der Waals surface area contributed by atoms with Crippen LogP contribution >= 0.6 is 0 Å². The van der Waals surface area contributed by atoms with E-state index in [2.05, 4.69) is 36.1 Å². The molecule has 3 heteroatoms. The first kappa shape index (κ1) is 13.1. The maximum Gasteiger partial charge on any atom is 0.308 e. The zero-order valence-electron chi connectivity index (χ0n) is 11.2. The van der Waals surface area contributed by atoms with Crippen LogP contribution in [0.4, 0.5) is 0 Å². The zero-order chi connectivity index (χ0) is 13.0. The SMILES string of the molecule is COC(=O)C1CCN(Cc2ccccc2C)CC1. The first-order chi connectivity index (χ1) is 8.70. The van der Waals surface area contributed by atoms with Crippen LogP contribution in [0, 0.1) is 12.8 Å². The van der Waals surface area contributed by atoms with Gasteiger partial charge in [0, 0.05) is 6.54 Å². The van der Waals surface area contributed by atoms with E-state index in [1.807, 2.05) is 0 Å². The topological polar surface area (TPSA) is 29.5 Å². The molecular weight excluding hydrogens is 226 g/mol. The minimum Gasteiger partial charge on any atom is -0.469 e. The van der Waals surface area contributed by atoms with E-state index in [9.17, 15) is 4.79 Å². The molecule has 0 aliphatic carbocycles. The number of rotatable bonds is 3. The quantitative estimate of drug-likeness (QED) is 0.768. The number of hydrogen-bond donors (Lipinski definition) is 0. The number of likely N-dealkylation sites (tertiary alicyclic amines) is 1. The molecule has 0 spiro atoms. The highest BCUT2D eigenvalue weighted by Gasteiger charge is 2.25. The molecule has 1 saturated heterocycles. The van der Waals surface area contributed by atoms with Crippen molar-refractivity contribution >= 4 is 5.97 Å². The van der Waals surface area contributed by atoms with Crippen molar-refractivity contribution in [1.29, 1.82) is 0 Å². The molecule has 1 aliphatic rings. The van der Waals surface area contributed by atoms with E-state index in [1.165, 1.54) is 18.2 Å². The molecular formula is C15H21NO2. The molecule has 98 valence electrons. The van der Waals surface area contributed by atoms with E-state index in [0.717, 1.165) is 32.5 Å². The van der Waals surface area contributed by atoms with Gasteiger partial charge in [0.05, 0.1) is 13.0 Å². The van der Waals surface area contributed by atoms with Gasteiger partial charge in [0.15, 0.2) is 0 Å². The molecule has 0 saturated carbocycles. The van der Waals surface area contributed by atoms with Crippen molar-refractivity contribution in [3.8, 4) is 0 Å². The number of ether oxygens (including phenoxy) is 1. The fourth-order valence-electron chi connectivity index (χ4n) is 2.52. The molecule has 0 aromatic heterocycles. The fourth-order valence-corrected chi connectivity index (χ4v) is 2.52. The molecule has 18 heavy (non-hydrogen) atoms. The highest BCUT2D eigenvalue weighted by Crippen LogP contribution is 2.20. The number of benzene rings is 1. The van der Waals surface area contributed by atoms with Crippen molar-refractivity contribution in [3.05, 3.63) is 35.4 Å². The van der Waals surface area contributed by atoms with Crippen LogP contribution in [0.5, 0.6) is 0 Å². The average molecular weight is 247 g/mol. The van der Waals surface area contributed by atoms with Gasteiger partial charge in [-0.2, -0.15) is 0 Å². The van der Waals surface area contributed by atoms with Crippen LogP contribution < -0.4 is 0 Å². The standard InChI is InChI=1S/C15H21NO2/c1-12-5-3-4-6-14(12)11-16-9-7-13(8-10-16)15(17)18-2/h3-6,13H,7-11H2,1-2H3. The van der Waals surface area contributed by atoms with Crippen molar-refractivity contribution in [1.82, 2.24) is 4.90 Å². The van der Waals surface area contributed by atoms with Crippen LogP contribution in [0.1, 0.15) is 24.0 Å². The smallest absolute Gasteiger partial charge is 0.308 e. The largest absolute Gasteiger partial charge is 0.469 e. The predicted molar refractivity (Wildman–Crippen MR) is 71.2 cm³/mol. The molecule has 1 fully saturated rings. The monoisotopic (exact) mass is 247 g/mol. The maximum atomic E-state index is 11.4. The summed E-state index contributed by atoms with van der Waals surface area (Å²) in [7, 11) is 1.47. The van der Waals surface area contributed by atoms with E-state index >= 15 is 0 Å². The summed E-state index contributed by atoms with van der Waals surface area (Å²) in [5, 5.41) is 0. The van der Waals surface area contributed by atoms with Crippen molar-refractivity contribution < 1.29 is 9.53 Å². The van der Waals surface area contributed by atoms with Gasteiger partial charge in [-0.15, -0.1) is 0 Å². The summed E-state index contributed by atoms with van der Waals surface area (Å²) >= 11 is 0. The normalized spacial score (nSPS) is 17.7. The number of hydrogen-bond acceptors (Lipinski definition) is 3. The third kappa shape index (κ3) is 3.10. The van der Waals surface area contributed by atoms with Gasteiger partial charge in [0.2, 0.25) is 0 Å². The number of carbonyl (C=O) groups is 1. The highest BCUT2D eigenvalue weighted by atomic mass is 16.5. The number of aryl methyl sites for hydroxylation is 1. The Morgan fingerprint density at radius 2 is 2.00 bits per heavy atom. The van der Waals surface area contributed by atoms with Gasteiger partial charge in [-0.3, -0.25) is 9.69 Å². The van der Waals surface area contributed by atoms with Crippen molar-refractivity contribution in [2.45, 2.75) is 26.3 Å². The molecule has 0 amide bonds. The summed E-state index contributed by atoms with van der Waals surface area (Å²) in [6.07, 6.45) is 1.83. The molecule has 0 atom stereocenters. The van der Waals surface area contributed by atoms with Gasteiger partial charge in [-0.25, -0.2) is 0 Å². The number of carbonyl (C=O) groups excluding carboxylic acids is 1. The van der Waals surface area contributed by atoms with Gasteiger partial charge < -0.3 is 4.74 Å². The summed E-state index contributed by atoms with van der Waals surface area (Å²) < 4.78 is 4.80. The summed E-state index contributed by atoms with van der Waals surface area (Å²) in [5.41, 5.74) is 2.72. The summed E-state index contributed by atoms with van der Waals surface area (Å²) in [4.78, 5) is 13.9. The minimum absolute atomic E-state index is 0.0504. The third-order valence-electron chi connectivity index (χ3n) is 3.78. The lowest BCUT2D eigenvalue weighted by Crippen LogP contribution is -2.36. The van der Waals surface area contributed by atoms with Crippen molar-refractivity contribution in [2.75, 3.05) is 20.2 Å². The van der Waals surface area contributed by atoms with Crippen LogP contribution in [-0.2, 0) is 16.1 Å². The first-order valence-electron chi connectivity index (χ1n) is 6.55. The molecule has 0 bridgehead atoms. The summed E-state index contributed by atoms with van der Waals surface area (Å²) in [6, 6.07) is 8.49. The Hall–Kier alpha value is -1.35. The second kappa shape index (κ2) is 6.01. The van der Waals surface area contributed by atoms with E-state index in [-0.39, 0.29) is 11.9 Å². The van der Waals surface area contributed by atoms with Gasteiger partial charge in [0.1, 0.15) is 0 Å². The van der Waals surface area contributed by atoms with Crippen LogP contribution in [0.3, 0.4) is 0 Å². The highest BCUT2D eigenvalue weighted by molar-refractivity contribution is 5.72. The van der Waals surface area contributed by atoms with E-state index in [1.54, 1.807) is 0 Å². The Bertz CT molecular complexity index is 409. The van der Waals surface area contributed by atoms with Gasteiger partial charge in [0.25, 0.3) is 0 Å². The van der Waals surface area contributed by atoms with Gasteiger partial charge in [-0.05, 0) is 44.0 Å². The Morgan fingerprint density at radius 3 is 2.61 bits per heavy atom. The van der Waals surface area contributed by atoms with Gasteiger partial charge >= 0.3 is 5.97 Å². The van der Waals surface area contributed by atoms with Crippen LogP contribution in [0.2, 0.25) is 0 Å². The van der Waals surface area contributed by atoms with Crippen molar-refractivity contribution in [2.24, 2.45) is 5.92 Å². The minimum atomic E-state index is -0.0504. The molecule has 1 heterocycles. The van der Waals surface area contributed by atoms with Crippen LogP contribution in [0.25, 0.3) is 0 Å². The Kier molecular flexibility index (Phi) is 4.37. The number of methoxy groups -OCH3 is 1. The van der Waals surface area contributed by atoms with Crippen molar-refractivity contribution in [3.63, 3.8) is 0 Å². The lowest BCUT2D eigenvalue weighted by atomic mass is 9.96. The van der Waals surface area contributed by atoms with Crippen LogP contribution in [0.15, 0.2) is 24.3 Å². The summed E-state index contributed by atoms with van der Waals surface area (Å²) in [5.74, 6) is 0.0497. The zero-order valence-corrected chi connectivity index (χ0v) is 11.2. The number of piperidine rings is 1. The van der Waals surface area contributed by atoms with E-state index in [4.69, 9.17) is 4.74 Å². The first-order valence-corrected chi connectivity index (χ1v) is 6.55. The Balaban J connectivity index is 1.87. The molecule has 0 radical (unpaired) electrons. The van der Waals surface area contributed by atoms with E-state index < -0.39 is 0 Å². The molecule has 1 aromatic carbocycles. The molecule has 1 aliphatic heterocycles. The lowest BCUT2D eigenvalue weighted by molar-refractivity contribution is -0.147. The average Bonchev–Trinajstić information content (AvgIpc) is 2.41. The Morgan fingerprint density at radius 1 is 1.33 bits per heavy atom. The fraction of sp³-hybridized carbons (Fsp3) is 0.533. The Labute approximate surface area is 109 Å². The third-order valence-corrected chi connectivity index (χ3v) is 3.78. The lowest BCUT2D eigenvalue weighted by Gasteiger charge is -2.30. The second-order valence-electron chi connectivity index (χ2n) is 5.00. The predicted octanol–water partition coefficient (Wildman–Crippen LogP) is 2.38. The number of esters is 1. The molecule has 2 rings (SSSR count). The summed E-state index contributed by atoms with van der Waals surface area (Å²) in [6.45, 7) is 5.10. The molecule has 0 unspecified atom stereocenters. The van der Waals surface area contributed by atoms with Gasteiger partial charge in [-0.1, -0.05) is 24.3 Å². The number of nitrogens with zero attached hydrogens (tertiary/aromatic N) is 1. The second-order valence-corrected chi connectivity index (χ2v) is 5.00. The maximum absolute atomic E-state index is 11.4.